The molecule has 19 heavy (non-hydrogen) atoms. The Bertz CT molecular complexity index is 636. The summed E-state index contributed by atoms with van der Waals surface area (Å²) in [6.07, 6.45) is 3.55. The van der Waals surface area contributed by atoms with Crippen LogP contribution in [0.4, 0.5) is 0 Å². The predicted octanol–water partition coefficient (Wildman–Crippen LogP) is 4.42. The van der Waals surface area contributed by atoms with Crippen molar-refractivity contribution in [2.24, 2.45) is 0 Å². The summed E-state index contributed by atoms with van der Waals surface area (Å²) < 4.78 is 6.33. The van der Waals surface area contributed by atoms with E-state index in [2.05, 4.69) is 49.4 Å². The second-order valence-electron chi connectivity index (χ2n) is 5.73. The van der Waals surface area contributed by atoms with Crippen molar-refractivity contribution >= 4 is 0 Å². The van der Waals surface area contributed by atoms with E-state index < -0.39 is 0 Å². The molecule has 1 aliphatic carbocycles. The summed E-state index contributed by atoms with van der Waals surface area (Å²) in [6.45, 7) is 3.04. The van der Waals surface area contributed by atoms with Crippen molar-refractivity contribution in [3.8, 4) is 11.1 Å². The lowest BCUT2D eigenvalue weighted by molar-refractivity contribution is -0.0502. The summed E-state index contributed by atoms with van der Waals surface area (Å²) in [5.74, 6) is 0. The van der Waals surface area contributed by atoms with Crippen LogP contribution in [0.15, 0.2) is 42.5 Å². The number of benzene rings is 2. The molecular formula is C18H18O. The standard InChI is InChI=1S/C18H18O/c1-13-8-9-15-14-6-2-3-7-16(14)18(17(15)12-13)10-4-5-11-19-18/h2-3,6-9,12H,4-5,10-11H2,1H3. The Kier molecular flexibility index (Phi) is 2.33. The first-order chi connectivity index (χ1) is 9.31. The molecule has 1 heteroatoms. The number of rotatable bonds is 0. The minimum atomic E-state index is -0.170. The monoisotopic (exact) mass is 250 g/mol. The second kappa shape index (κ2) is 3.94. The van der Waals surface area contributed by atoms with Gasteiger partial charge >= 0.3 is 0 Å². The van der Waals surface area contributed by atoms with Crippen LogP contribution in [0.3, 0.4) is 0 Å². The summed E-state index contributed by atoms with van der Waals surface area (Å²) in [7, 11) is 0. The Balaban J connectivity index is 2.03. The van der Waals surface area contributed by atoms with Gasteiger partial charge in [-0.3, -0.25) is 0 Å². The first kappa shape index (κ1) is 11.2. The molecule has 0 amide bonds. The number of aryl methyl sites for hydroxylation is 1. The van der Waals surface area contributed by atoms with Crippen molar-refractivity contribution < 1.29 is 4.74 Å². The van der Waals surface area contributed by atoms with Crippen molar-refractivity contribution in [3.63, 3.8) is 0 Å². The Hall–Kier alpha value is -1.60. The van der Waals surface area contributed by atoms with Crippen LogP contribution in [-0.2, 0) is 10.3 Å². The molecule has 1 fully saturated rings. The third-order valence-corrected chi connectivity index (χ3v) is 4.53. The van der Waals surface area contributed by atoms with E-state index in [1.807, 2.05) is 0 Å². The summed E-state index contributed by atoms with van der Waals surface area (Å²) >= 11 is 0. The Morgan fingerprint density at radius 2 is 1.79 bits per heavy atom. The Morgan fingerprint density at radius 1 is 0.947 bits per heavy atom. The highest BCUT2D eigenvalue weighted by Gasteiger charge is 2.44. The normalized spacial score (nSPS) is 24.3. The summed E-state index contributed by atoms with van der Waals surface area (Å²) in [5, 5.41) is 0. The summed E-state index contributed by atoms with van der Waals surface area (Å²) in [5.41, 5.74) is 6.63. The van der Waals surface area contributed by atoms with Crippen LogP contribution in [0.1, 0.15) is 36.0 Å². The van der Waals surface area contributed by atoms with Gasteiger partial charge in [0.05, 0.1) is 0 Å². The maximum absolute atomic E-state index is 6.33. The lowest BCUT2D eigenvalue weighted by Crippen LogP contribution is -2.32. The van der Waals surface area contributed by atoms with Gasteiger partial charge in [0.25, 0.3) is 0 Å². The fourth-order valence-electron chi connectivity index (χ4n) is 3.66. The van der Waals surface area contributed by atoms with E-state index in [1.54, 1.807) is 0 Å². The van der Waals surface area contributed by atoms with Crippen molar-refractivity contribution in [1.29, 1.82) is 0 Å². The van der Waals surface area contributed by atoms with Crippen LogP contribution >= 0.6 is 0 Å². The van der Waals surface area contributed by atoms with E-state index in [1.165, 1.54) is 40.7 Å². The van der Waals surface area contributed by atoms with E-state index in [9.17, 15) is 0 Å². The zero-order chi connectivity index (χ0) is 12.9. The van der Waals surface area contributed by atoms with Gasteiger partial charge in [0.2, 0.25) is 0 Å². The molecule has 0 aromatic heterocycles. The lowest BCUT2D eigenvalue weighted by atomic mass is 9.84. The third-order valence-electron chi connectivity index (χ3n) is 4.53. The highest BCUT2D eigenvalue weighted by atomic mass is 16.5. The van der Waals surface area contributed by atoms with Gasteiger partial charge in [0.15, 0.2) is 0 Å². The van der Waals surface area contributed by atoms with Crippen LogP contribution in [0.5, 0.6) is 0 Å². The molecule has 2 aromatic carbocycles. The average Bonchev–Trinajstić information content (AvgIpc) is 2.71. The molecule has 1 atom stereocenters. The molecule has 96 valence electrons. The van der Waals surface area contributed by atoms with E-state index >= 15 is 0 Å². The molecule has 2 aliphatic rings. The van der Waals surface area contributed by atoms with Gasteiger partial charge in [0.1, 0.15) is 5.60 Å². The number of hydrogen-bond acceptors (Lipinski definition) is 1. The predicted molar refractivity (Wildman–Crippen MR) is 77.2 cm³/mol. The molecule has 0 radical (unpaired) electrons. The van der Waals surface area contributed by atoms with E-state index in [0.717, 1.165) is 13.0 Å². The molecule has 0 saturated carbocycles. The Labute approximate surface area is 114 Å². The number of fused-ring (bicyclic) bond motifs is 5. The highest BCUT2D eigenvalue weighted by Crippen LogP contribution is 2.53. The van der Waals surface area contributed by atoms with Crippen molar-refractivity contribution in [1.82, 2.24) is 0 Å². The smallest absolute Gasteiger partial charge is 0.119 e. The minimum absolute atomic E-state index is 0.170. The molecule has 1 saturated heterocycles. The number of hydrogen-bond donors (Lipinski definition) is 0. The highest BCUT2D eigenvalue weighted by molar-refractivity contribution is 5.80. The SMILES string of the molecule is Cc1ccc2c(c1)C1(CCCCO1)c1ccccc1-2. The molecule has 1 spiro atoms. The molecule has 2 aromatic rings. The van der Waals surface area contributed by atoms with Gasteiger partial charge in [-0.2, -0.15) is 0 Å². The Morgan fingerprint density at radius 3 is 2.63 bits per heavy atom. The average molecular weight is 250 g/mol. The zero-order valence-corrected chi connectivity index (χ0v) is 11.3. The first-order valence-electron chi connectivity index (χ1n) is 7.16. The molecule has 1 unspecified atom stereocenters. The lowest BCUT2D eigenvalue weighted by Gasteiger charge is -2.36. The largest absolute Gasteiger partial charge is 0.365 e. The minimum Gasteiger partial charge on any atom is -0.365 e. The van der Waals surface area contributed by atoms with Gasteiger partial charge in [-0.05, 0) is 48.4 Å². The molecule has 4 rings (SSSR count). The topological polar surface area (TPSA) is 9.23 Å². The van der Waals surface area contributed by atoms with E-state index in [0.29, 0.717) is 0 Å². The van der Waals surface area contributed by atoms with Crippen LogP contribution in [0.2, 0.25) is 0 Å². The van der Waals surface area contributed by atoms with Crippen molar-refractivity contribution in [3.05, 3.63) is 59.2 Å². The van der Waals surface area contributed by atoms with E-state index in [4.69, 9.17) is 4.74 Å². The van der Waals surface area contributed by atoms with Crippen LogP contribution < -0.4 is 0 Å². The molecule has 1 aliphatic heterocycles. The van der Waals surface area contributed by atoms with Gasteiger partial charge in [-0.25, -0.2) is 0 Å². The van der Waals surface area contributed by atoms with Crippen LogP contribution in [0, 0.1) is 6.92 Å². The zero-order valence-electron chi connectivity index (χ0n) is 11.3. The van der Waals surface area contributed by atoms with Crippen LogP contribution in [-0.4, -0.2) is 6.61 Å². The van der Waals surface area contributed by atoms with Gasteiger partial charge < -0.3 is 4.74 Å². The van der Waals surface area contributed by atoms with Gasteiger partial charge in [-0.15, -0.1) is 0 Å². The van der Waals surface area contributed by atoms with Crippen molar-refractivity contribution in [2.75, 3.05) is 6.61 Å². The second-order valence-corrected chi connectivity index (χ2v) is 5.73. The van der Waals surface area contributed by atoms with Gasteiger partial charge in [-0.1, -0.05) is 48.0 Å². The molecular weight excluding hydrogens is 232 g/mol. The van der Waals surface area contributed by atoms with Gasteiger partial charge in [0, 0.05) is 6.61 Å². The fourth-order valence-corrected chi connectivity index (χ4v) is 3.66. The molecule has 1 nitrogen and oxygen atoms in total. The quantitative estimate of drug-likeness (QED) is 0.672. The molecule has 0 bridgehead atoms. The third kappa shape index (κ3) is 1.45. The van der Waals surface area contributed by atoms with Crippen LogP contribution in [0.25, 0.3) is 11.1 Å². The maximum Gasteiger partial charge on any atom is 0.119 e. The summed E-state index contributed by atoms with van der Waals surface area (Å²) in [4.78, 5) is 0. The summed E-state index contributed by atoms with van der Waals surface area (Å²) in [6, 6.07) is 15.5. The number of ether oxygens (including phenoxy) is 1. The molecule has 0 N–H and O–H groups in total. The van der Waals surface area contributed by atoms with Crippen molar-refractivity contribution in [2.45, 2.75) is 31.8 Å². The van der Waals surface area contributed by atoms with E-state index in [-0.39, 0.29) is 5.60 Å². The first-order valence-corrected chi connectivity index (χ1v) is 7.16. The molecule has 1 heterocycles. The maximum atomic E-state index is 6.33. The fraction of sp³-hybridized carbons (Fsp3) is 0.333.